The lowest BCUT2D eigenvalue weighted by atomic mass is 10.2. The van der Waals surface area contributed by atoms with Crippen LogP contribution >= 0.6 is 0 Å². The van der Waals surface area contributed by atoms with E-state index in [-0.39, 0.29) is 6.04 Å². The van der Waals surface area contributed by atoms with Crippen LogP contribution in [0.15, 0.2) is 18.2 Å². The highest BCUT2D eigenvalue weighted by molar-refractivity contribution is 5.26. The maximum Gasteiger partial charge on any atom is 0.113 e. The van der Waals surface area contributed by atoms with E-state index in [0.29, 0.717) is 12.2 Å². The molecule has 12 heavy (non-hydrogen) atoms. The van der Waals surface area contributed by atoms with Gasteiger partial charge in [-0.05, 0) is 12.1 Å². The molecule has 0 aliphatic heterocycles. The first-order valence-corrected chi connectivity index (χ1v) is 3.67. The zero-order valence-corrected chi connectivity index (χ0v) is 6.70. The Balaban J connectivity index is 2.95. The molecule has 0 spiro atoms. The topological polar surface area (TPSA) is 64.9 Å². The minimum Gasteiger partial charge on any atom is -0.329 e. The summed E-state index contributed by atoms with van der Waals surface area (Å²) in [5.74, 6) is 2.44. The number of nitrogens with zero attached hydrogens (tertiary/aromatic N) is 1. The zero-order valence-electron chi connectivity index (χ0n) is 6.70. The van der Waals surface area contributed by atoms with Crippen molar-refractivity contribution in [2.45, 2.75) is 6.04 Å². The number of rotatable bonds is 2. The van der Waals surface area contributed by atoms with Crippen LogP contribution in [-0.2, 0) is 0 Å². The van der Waals surface area contributed by atoms with E-state index in [9.17, 15) is 0 Å². The molecule has 0 radical (unpaired) electrons. The summed E-state index contributed by atoms with van der Waals surface area (Å²) in [7, 11) is 0. The molecule has 0 saturated heterocycles. The molecule has 0 aliphatic carbocycles. The smallest absolute Gasteiger partial charge is 0.113 e. The first-order valence-electron chi connectivity index (χ1n) is 3.67. The lowest BCUT2D eigenvalue weighted by Gasteiger charge is -2.07. The molecule has 0 amide bonds. The number of nitrogens with two attached hydrogens (primary N) is 2. The molecule has 0 aromatic carbocycles. The van der Waals surface area contributed by atoms with Gasteiger partial charge in [0, 0.05) is 6.54 Å². The molecule has 1 heterocycles. The SMILES string of the molecule is C#Cc1cccc(C(N)CN)n1. The Kier molecular flexibility index (Phi) is 2.81. The van der Waals surface area contributed by atoms with E-state index >= 15 is 0 Å². The summed E-state index contributed by atoms with van der Waals surface area (Å²) in [4.78, 5) is 4.12. The van der Waals surface area contributed by atoms with E-state index in [1.54, 1.807) is 6.07 Å². The molecule has 3 heteroatoms. The van der Waals surface area contributed by atoms with Crippen LogP contribution in [0.1, 0.15) is 17.4 Å². The van der Waals surface area contributed by atoms with E-state index in [2.05, 4.69) is 10.9 Å². The summed E-state index contributed by atoms with van der Waals surface area (Å²) in [6, 6.07) is 5.18. The predicted molar refractivity (Wildman–Crippen MR) is 48.2 cm³/mol. The normalized spacial score (nSPS) is 12.1. The van der Waals surface area contributed by atoms with Crippen molar-refractivity contribution < 1.29 is 0 Å². The van der Waals surface area contributed by atoms with Gasteiger partial charge in [-0.15, -0.1) is 6.42 Å². The highest BCUT2D eigenvalue weighted by atomic mass is 14.8. The first kappa shape index (κ1) is 8.72. The minimum atomic E-state index is -0.224. The highest BCUT2D eigenvalue weighted by Gasteiger charge is 2.04. The van der Waals surface area contributed by atoms with Crippen molar-refractivity contribution in [1.82, 2.24) is 4.98 Å². The maximum atomic E-state index is 5.66. The summed E-state index contributed by atoms with van der Waals surface area (Å²) in [5.41, 5.74) is 12.4. The van der Waals surface area contributed by atoms with Crippen LogP contribution in [0.2, 0.25) is 0 Å². The van der Waals surface area contributed by atoms with E-state index in [4.69, 9.17) is 17.9 Å². The largest absolute Gasteiger partial charge is 0.329 e. The van der Waals surface area contributed by atoms with Crippen LogP contribution in [0.4, 0.5) is 0 Å². The van der Waals surface area contributed by atoms with Gasteiger partial charge in [-0.25, -0.2) is 4.98 Å². The lowest BCUT2D eigenvalue weighted by molar-refractivity contribution is 0.710. The van der Waals surface area contributed by atoms with E-state index < -0.39 is 0 Å². The first-order chi connectivity index (χ1) is 5.77. The van der Waals surface area contributed by atoms with Crippen LogP contribution in [-0.4, -0.2) is 11.5 Å². The van der Waals surface area contributed by atoms with E-state index in [1.165, 1.54) is 0 Å². The molecule has 1 unspecified atom stereocenters. The number of aromatic nitrogens is 1. The molecule has 1 aromatic rings. The molecule has 0 fully saturated rings. The van der Waals surface area contributed by atoms with Gasteiger partial charge in [0.15, 0.2) is 0 Å². The molecule has 0 bridgehead atoms. The Morgan fingerprint density at radius 2 is 2.33 bits per heavy atom. The van der Waals surface area contributed by atoms with Gasteiger partial charge in [0.1, 0.15) is 5.69 Å². The second kappa shape index (κ2) is 3.86. The van der Waals surface area contributed by atoms with Crippen molar-refractivity contribution in [1.29, 1.82) is 0 Å². The molecule has 0 saturated carbocycles. The Hall–Kier alpha value is -1.37. The van der Waals surface area contributed by atoms with Crippen molar-refractivity contribution in [3.63, 3.8) is 0 Å². The van der Waals surface area contributed by atoms with Crippen LogP contribution in [0.25, 0.3) is 0 Å². The molecule has 1 aromatic heterocycles. The van der Waals surface area contributed by atoms with Crippen molar-refractivity contribution in [2.75, 3.05) is 6.54 Å². The average Bonchev–Trinajstić information content (AvgIpc) is 2.17. The molecule has 3 nitrogen and oxygen atoms in total. The second-order valence-electron chi connectivity index (χ2n) is 2.43. The highest BCUT2D eigenvalue weighted by Crippen LogP contribution is 2.05. The molecular weight excluding hydrogens is 150 g/mol. The van der Waals surface area contributed by atoms with Crippen molar-refractivity contribution >= 4 is 0 Å². The fourth-order valence-corrected chi connectivity index (χ4v) is 0.859. The van der Waals surface area contributed by atoms with Gasteiger partial charge in [0.2, 0.25) is 0 Å². The molecule has 4 N–H and O–H groups in total. The summed E-state index contributed by atoms with van der Waals surface area (Å²) >= 11 is 0. The van der Waals surface area contributed by atoms with Crippen LogP contribution < -0.4 is 11.5 Å². The Labute approximate surface area is 71.8 Å². The van der Waals surface area contributed by atoms with Gasteiger partial charge < -0.3 is 11.5 Å². The van der Waals surface area contributed by atoms with Gasteiger partial charge >= 0.3 is 0 Å². The fraction of sp³-hybridized carbons (Fsp3) is 0.222. The molecule has 1 atom stereocenters. The average molecular weight is 161 g/mol. The maximum absolute atomic E-state index is 5.66. The van der Waals surface area contributed by atoms with Gasteiger partial charge in [-0.3, -0.25) is 0 Å². The number of hydrogen-bond donors (Lipinski definition) is 2. The van der Waals surface area contributed by atoms with Crippen molar-refractivity contribution in [3.05, 3.63) is 29.6 Å². The molecule has 0 aliphatic rings. The standard InChI is InChI=1S/C9H11N3/c1-2-7-4-3-5-9(12-7)8(11)6-10/h1,3-5,8H,6,10-11H2. The quantitative estimate of drug-likeness (QED) is 0.601. The Bertz CT molecular complexity index is 301. The minimum absolute atomic E-state index is 0.224. The summed E-state index contributed by atoms with van der Waals surface area (Å²) < 4.78 is 0. The number of terminal acetylenes is 1. The number of hydrogen-bond acceptors (Lipinski definition) is 3. The third kappa shape index (κ3) is 1.82. The summed E-state index contributed by atoms with van der Waals surface area (Å²) in [6.07, 6.45) is 5.18. The van der Waals surface area contributed by atoms with Crippen LogP contribution in [0.5, 0.6) is 0 Å². The third-order valence-corrected chi connectivity index (χ3v) is 1.55. The van der Waals surface area contributed by atoms with Crippen LogP contribution in [0, 0.1) is 12.3 Å². The van der Waals surface area contributed by atoms with E-state index in [0.717, 1.165) is 5.69 Å². The second-order valence-corrected chi connectivity index (χ2v) is 2.43. The monoisotopic (exact) mass is 161 g/mol. The van der Waals surface area contributed by atoms with Crippen molar-refractivity contribution in [2.24, 2.45) is 11.5 Å². The van der Waals surface area contributed by atoms with E-state index in [1.807, 2.05) is 12.1 Å². The van der Waals surface area contributed by atoms with Crippen LogP contribution in [0.3, 0.4) is 0 Å². The molecule has 62 valence electrons. The van der Waals surface area contributed by atoms with Gasteiger partial charge in [0.05, 0.1) is 11.7 Å². The summed E-state index contributed by atoms with van der Waals surface area (Å²) in [6.45, 7) is 0.376. The number of pyridine rings is 1. The van der Waals surface area contributed by atoms with Gasteiger partial charge in [-0.1, -0.05) is 12.0 Å². The van der Waals surface area contributed by atoms with Gasteiger partial charge in [0.25, 0.3) is 0 Å². The zero-order chi connectivity index (χ0) is 8.97. The summed E-state index contributed by atoms with van der Waals surface area (Å²) in [5, 5.41) is 0. The molecular formula is C9H11N3. The third-order valence-electron chi connectivity index (χ3n) is 1.55. The Morgan fingerprint density at radius 3 is 2.92 bits per heavy atom. The predicted octanol–water partition coefficient (Wildman–Crippen LogP) is 0.0214. The fourth-order valence-electron chi connectivity index (χ4n) is 0.859. The van der Waals surface area contributed by atoms with Crippen molar-refractivity contribution in [3.8, 4) is 12.3 Å². The van der Waals surface area contributed by atoms with Gasteiger partial charge in [-0.2, -0.15) is 0 Å². The lowest BCUT2D eigenvalue weighted by Crippen LogP contribution is -2.21. The molecule has 1 rings (SSSR count). The Morgan fingerprint density at radius 1 is 1.58 bits per heavy atom.